The molecule has 1 heteroatoms. The highest BCUT2D eigenvalue weighted by molar-refractivity contribution is 4.85. The van der Waals surface area contributed by atoms with Crippen LogP contribution in [0.1, 0.15) is 39.0 Å². The van der Waals surface area contributed by atoms with Crippen molar-refractivity contribution in [2.24, 2.45) is 0 Å². The Morgan fingerprint density at radius 3 is 2.64 bits per heavy atom. The fourth-order valence-electron chi connectivity index (χ4n) is 1.14. The first-order valence-electron chi connectivity index (χ1n) is 4.45. The molecule has 0 aliphatic rings. The van der Waals surface area contributed by atoms with Gasteiger partial charge in [0.25, 0.3) is 0 Å². The monoisotopic (exact) mass is 153 g/mol. The number of terminal acetylenes is 1. The predicted molar refractivity (Wildman–Crippen MR) is 50.4 cm³/mol. The summed E-state index contributed by atoms with van der Waals surface area (Å²) in [6.45, 7) is 2.22. The molecule has 0 aromatic carbocycles. The van der Waals surface area contributed by atoms with Crippen LogP contribution in [0.3, 0.4) is 0 Å². The van der Waals surface area contributed by atoms with Gasteiger partial charge in [-0.25, -0.2) is 0 Å². The second kappa shape index (κ2) is 7.63. The van der Waals surface area contributed by atoms with Gasteiger partial charge in [0.1, 0.15) is 0 Å². The Bertz CT molecular complexity index is 113. The molecular weight excluding hydrogens is 134 g/mol. The lowest BCUT2D eigenvalue weighted by molar-refractivity contribution is 0.477. The van der Waals surface area contributed by atoms with Crippen molar-refractivity contribution in [2.75, 3.05) is 7.05 Å². The van der Waals surface area contributed by atoms with E-state index in [4.69, 9.17) is 6.42 Å². The SMILES string of the molecule is C#CCCC(CCCC)NC. The molecule has 0 rings (SSSR count). The van der Waals surface area contributed by atoms with Crippen molar-refractivity contribution in [2.45, 2.75) is 45.1 Å². The molecule has 64 valence electrons. The minimum atomic E-state index is 0.631. The van der Waals surface area contributed by atoms with E-state index in [1.54, 1.807) is 0 Å². The fourth-order valence-corrected chi connectivity index (χ4v) is 1.14. The predicted octanol–water partition coefficient (Wildman–Crippen LogP) is 2.18. The standard InChI is InChI=1S/C10H19N/c1-4-6-8-10(11-3)9-7-5-2/h1,10-11H,5-9H2,2-3H3. The third kappa shape index (κ3) is 5.94. The maximum Gasteiger partial charge on any atom is 0.0101 e. The van der Waals surface area contributed by atoms with Gasteiger partial charge in [0.05, 0.1) is 0 Å². The molecular formula is C10H19N. The normalized spacial score (nSPS) is 12.5. The van der Waals surface area contributed by atoms with Crippen LogP contribution in [0, 0.1) is 12.3 Å². The van der Waals surface area contributed by atoms with E-state index in [0.717, 1.165) is 12.8 Å². The lowest BCUT2D eigenvalue weighted by atomic mass is 10.1. The molecule has 1 N–H and O–H groups in total. The topological polar surface area (TPSA) is 12.0 Å². The molecule has 1 unspecified atom stereocenters. The van der Waals surface area contributed by atoms with Gasteiger partial charge in [0, 0.05) is 12.5 Å². The van der Waals surface area contributed by atoms with Gasteiger partial charge in [-0.3, -0.25) is 0 Å². The molecule has 1 atom stereocenters. The minimum Gasteiger partial charge on any atom is -0.317 e. The molecule has 1 nitrogen and oxygen atoms in total. The molecule has 0 radical (unpaired) electrons. The van der Waals surface area contributed by atoms with Crippen LogP contribution in [-0.2, 0) is 0 Å². The zero-order chi connectivity index (χ0) is 8.53. The van der Waals surface area contributed by atoms with E-state index in [0.29, 0.717) is 6.04 Å². The second-order valence-corrected chi connectivity index (χ2v) is 2.87. The Balaban J connectivity index is 3.34. The summed E-state index contributed by atoms with van der Waals surface area (Å²) in [5, 5.41) is 3.28. The highest BCUT2D eigenvalue weighted by atomic mass is 14.9. The summed E-state index contributed by atoms with van der Waals surface area (Å²) in [4.78, 5) is 0. The maximum absolute atomic E-state index is 5.18. The Labute approximate surface area is 70.6 Å². The summed E-state index contributed by atoms with van der Waals surface area (Å²) >= 11 is 0. The zero-order valence-electron chi connectivity index (χ0n) is 7.69. The van der Waals surface area contributed by atoms with Crippen LogP contribution >= 0.6 is 0 Å². The van der Waals surface area contributed by atoms with Crippen LogP contribution in [0.25, 0.3) is 0 Å². The van der Waals surface area contributed by atoms with Gasteiger partial charge in [-0.1, -0.05) is 19.8 Å². The van der Waals surface area contributed by atoms with Gasteiger partial charge in [-0.2, -0.15) is 0 Å². The third-order valence-electron chi connectivity index (χ3n) is 1.95. The molecule has 0 aromatic heterocycles. The number of hydrogen-bond donors (Lipinski definition) is 1. The van der Waals surface area contributed by atoms with Crippen LogP contribution in [0.5, 0.6) is 0 Å². The van der Waals surface area contributed by atoms with Crippen LogP contribution in [0.4, 0.5) is 0 Å². The van der Waals surface area contributed by atoms with Crippen LogP contribution in [0.2, 0.25) is 0 Å². The molecule has 11 heavy (non-hydrogen) atoms. The largest absolute Gasteiger partial charge is 0.317 e. The van der Waals surface area contributed by atoms with Crippen molar-refractivity contribution in [1.82, 2.24) is 5.32 Å². The van der Waals surface area contributed by atoms with Crippen LogP contribution in [0.15, 0.2) is 0 Å². The van der Waals surface area contributed by atoms with E-state index in [1.165, 1.54) is 19.3 Å². The summed E-state index contributed by atoms with van der Waals surface area (Å²) in [6, 6.07) is 0.631. The molecule has 0 aliphatic heterocycles. The second-order valence-electron chi connectivity index (χ2n) is 2.87. The summed E-state index contributed by atoms with van der Waals surface area (Å²) < 4.78 is 0. The van der Waals surface area contributed by atoms with Crippen LogP contribution < -0.4 is 5.32 Å². The molecule has 0 aliphatic carbocycles. The van der Waals surface area contributed by atoms with Gasteiger partial charge in [-0.15, -0.1) is 12.3 Å². The lowest BCUT2D eigenvalue weighted by Gasteiger charge is -2.13. The van der Waals surface area contributed by atoms with E-state index in [-0.39, 0.29) is 0 Å². The van der Waals surface area contributed by atoms with Gasteiger partial charge in [0.2, 0.25) is 0 Å². The molecule has 0 aromatic rings. The van der Waals surface area contributed by atoms with Crippen molar-refractivity contribution in [3.63, 3.8) is 0 Å². The summed E-state index contributed by atoms with van der Waals surface area (Å²) in [5.74, 6) is 2.67. The van der Waals surface area contributed by atoms with Crippen molar-refractivity contribution in [3.8, 4) is 12.3 Å². The Morgan fingerprint density at radius 1 is 1.45 bits per heavy atom. The lowest BCUT2D eigenvalue weighted by Crippen LogP contribution is -2.24. The minimum absolute atomic E-state index is 0.631. The fraction of sp³-hybridized carbons (Fsp3) is 0.800. The summed E-state index contributed by atoms with van der Waals surface area (Å²) in [5.41, 5.74) is 0. The number of unbranched alkanes of at least 4 members (excludes halogenated alkanes) is 1. The van der Waals surface area contributed by atoms with Crippen molar-refractivity contribution in [1.29, 1.82) is 0 Å². The molecule has 0 saturated heterocycles. The highest BCUT2D eigenvalue weighted by Crippen LogP contribution is 2.05. The summed E-state index contributed by atoms with van der Waals surface area (Å²) in [7, 11) is 2.01. The average molecular weight is 153 g/mol. The number of rotatable bonds is 6. The van der Waals surface area contributed by atoms with E-state index < -0.39 is 0 Å². The smallest absolute Gasteiger partial charge is 0.0101 e. The maximum atomic E-state index is 5.18. The molecule has 0 amide bonds. The van der Waals surface area contributed by atoms with Gasteiger partial charge in [-0.05, 0) is 19.9 Å². The van der Waals surface area contributed by atoms with E-state index in [1.807, 2.05) is 7.05 Å². The van der Waals surface area contributed by atoms with Crippen molar-refractivity contribution < 1.29 is 0 Å². The third-order valence-corrected chi connectivity index (χ3v) is 1.95. The van der Waals surface area contributed by atoms with E-state index in [2.05, 4.69) is 18.2 Å². The Kier molecular flexibility index (Phi) is 7.29. The first-order valence-corrected chi connectivity index (χ1v) is 4.45. The molecule has 0 bridgehead atoms. The van der Waals surface area contributed by atoms with Gasteiger partial charge < -0.3 is 5.32 Å². The first kappa shape index (κ1) is 10.5. The summed E-state index contributed by atoms with van der Waals surface area (Å²) in [6.07, 6.45) is 11.0. The highest BCUT2D eigenvalue weighted by Gasteiger charge is 2.02. The zero-order valence-corrected chi connectivity index (χ0v) is 7.69. The quantitative estimate of drug-likeness (QED) is 0.577. The van der Waals surface area contributed by atoms with Crippen molar-refractivity contribution in [3.05, 3.63) is 0 Å². The van der Waals surface area contributed by atoms with E-state index >= 15 is 0 Å². The molecule has 0 saturated carbocycles. The van der Waals surface area contributed by atoms with Gasteiger partial charge >= 0.3 is 0 Å². The average Bonchev–Trinajstić information content (AvgIpc) is 2.05. The molecule has 0 heterocycles. The van der Waals surface area contributed by atoms with Gasteiger partial charge in [0.15, 0.2) is 0 Å². The van der Waals surface area contributed by atoms with Crippen LogP contribution in [-0.4, -0.2) is 13.1 Å². The first-order chi connectivity index (χ1) is 5.35. The van der Waals surface area contributed by atoms with Crippen molar-refractivity contribution >= 4 is 0 Å². The molecule has 0 fully saturated rings. The number of hydrogen-bond acceptors (Lipinski definition) is 1. The Hall–Kier alpha value is -0.480. The van der Waals surface area contributed by atoms with E-state index in [9.17, 15) is 0 Å². The molecule has 0 spiro atoms. The number of nitrogens with one attached hydrogen (secondary N) is 1. The Morgan fingerprint density at radius 2 is 2.18 bits per heavy atom.